The number of halogens is 2. The van der Waals surface area contributed by atoms with Crippen molar-refractivity contribution >= 4 is 11.8 Å². The van der Waals surface area contributed by atoms with Gasteiger partial charge in [-0.1, -0.05) is 67.6 Å². The Morgan fingerprint density at radius 1 is 0.912 bits per heavy atom. The summed E-state index contributed by atoms with van der Waals surface area (Å²) in [5, 5.41) is 2.84. The van der Waals surface area contributed by atoms with Crippen molar-refractivity contribution in [2.24, 2.45) is 0 Å². The van der Waals surface area contributed by atoms with Gasteiger partial charge in [-0.15, -0.1) is 0 Å². The molecule has 3 rings (SSSR count). The summed E-state index contributed by atoms with van der Waals surface area (Å²) >= 11 is 0. The highest BCUT2D eigenvalue weighted by Gasteiger charge is 2.31. The number of ether oxygens (including phenoxy) is 1. The van der Waals surface area contributed by atoms with Gasteiger partial charge in [0.25, 0.3) is 5.91 Å². The molecule has 34 heavy (non-hydrogen) atoms. The molecule has 0 spiro atoms. The lowest BCUT2D eigenvalue weighted by Crippen LogP contribution is -2.52. The maximum absolute atomic E-state index is 14.5. The van der Waals surface area contributed by atoms with Crippen molar-refractivity contribution in [3.63, 3.8) is 0 Å². The quantitative estimate of drug-likeness (QED) is 0.452. The minimum Gasteiger partial charge on any atom is -0.481 e. The van der Waals surface area contributed by atoms with Crippen molar-refractivity contribution in [2.75, 3.05) is 13.2 Å². The molecule has 0 saturated carbocycles. The van der Waals surface area contributed by atoms with Gasteiger partial charge in [-0.2, -0.15) is 0 Å². The van der Waals surface area contributed by atoms with Gasteiger partial charge in [0.2, 0.25) is 5.91 Å². The Balaban J connectivity index is 1.91. The van der Waals surface area contributed by atoms with Crippen LogP contribution in [0.15, 0.2) is 78.9 Å². The van der Waals surface area contributed by atoms with Gasteiger partial charge in [0.15, 0.2) is 18.2 Å². The smallest absolute Gasteiger partial charge is 0.261 e. The Morgan fingerprint density at radius 2 is 1.56 bits per heavy atom. The molecule has 0 saturated heterocycles. The molecule has 0 aliphatic rings. The van der Waals surface area contributed by atoms with Crippen LogP contribution in [0, 0.1) is 11.6 Å². The molecule has 7 heteroatoms. The second-order valence-electron chi connectivity index (χ2n) is 7.83. The summed E-state index contributed by atoms with van der Waals surface area (Å²) in [4.78, 5) is 27.8. The summed E-state index contributed by atoms with van der Waals surface area (Å²) in [6.07, 6.45) is 0.956. The number of hydrogen-bond donors (Lipinski definition) is 1. The van der Waals surface area contributed by atoms with E-state index in [1.165, 1.54) is 29.2 Å². The third kappa shape index (κ3) is 6.88. The van der Waals surface area contributed by atoms with Crippen molar-refractivity contribution in [1.29, 1.82) is 0 Å². The standard InChI is InChI=1S/C27H28F2N2O3/c1-2-16-30-27(33)24(17-20-10-4-3-5-11-20)31(18-21-12-6-7-13-22(21)28)26(32)19-34-25-15-9-8-14-23(25)29/h3-15,24H,2,16-19H2,1H3,(H,30,33)/t24-/m1/s1. The van der Waals surface area contributed by atoms with Crippen molar-refractivity contribution in [3.8, 4) is 5.75 Å². The van der Waals surface area contributed by atoms with Crippen LogP contribution in [0.2, 0.25) is 0 Å². The molecule has 1 N–H and O–H groups in total. The Bertz CT molecular complexity index is 1090. The van der Waals surface area contributed by atoms with E-state index in [-0.39, 0.29) is 30.2 Å². The number of carbonyl (C=O) groups excluding carboxylic acids is 2. The van der Waals surface area contributed by atoms with Crippen LogP contribution in [0.4, 0.5) is 8.78 Å². The Morgan fingerprint density at radius 3 is 2.24 bits per heavy atom. The molecule has 5 nitrogen and oxygen atoms in total. The zero-order valence-corrected chi connectivity index (χ0v) is 19.0. The summed E-state index contributed by atoms with van der Waals surface area (Å²) in [6, 6.07) is 20.2. The lowest BCUT2D eigenvalue weighted by atomic mass is 10.0. The lowest BCUT2D eigenvalue weighted by Gasteiger charge is -2.31. The van der Waals surface area contributed by atoms with Gasteiger partial charge >= 0.3 is 0 Å². The van der Waals surface area contributed by atoms with Crippen LogP contribution in [0.25, 0.3) is 0 Å². The number of rotatable bonds is 11. The zero-order chi connectivity index (χ0) is 24.3. The first-order chi connectivity index (χ1) is 16.5. The highest BCUT2D eigenvalue weighted by atomic mass is 19.1. The van der Waals surface area contributed by atoms with E-state index in [9.17, 15) is 18.4 Å². The summed E-state index contributed by atoms with van der Waals surface area (Å²) in [7, 11) is 0. The average Bonchev–Trinajstić information content (AvgIpc) is 2.85. The van der Waals surface area contributed by atoms with Gasteiger partial charge < -0.3 is 15.0 Å². The van der Waals surface area contributed by atoms with Crippen molar-refractivity contribution in [2.45, 2.75) is 32.4 Å². The highest BCUT2D eigenvalue weighted by molar-refractivity contribution is 5.88. The normalized spacial score (nSPS) is 11.5. The predicted octanol–water partition coefficient (Wildman–Crippen LogP) is 4.51. The molecular formula is C27H28F2N2O3. The number of benzene rings is 3. The van der Waals surface area contributed by atoms with Crippen LogP contribution >= 0.6 is 0 Å². The molecule has 0 heterocycles. The van der Waals surface area contributed by atoms with Crippen LogP contribution in [-0.4, -0.2) is 35.9 Å². The molecule has 3 aromatic carbocycles. The monoisotopic (exact) mass is 466 g/mol. The van der Waals surface area contributed by atoms with E-state index in [0.29, 0.717) is 6.54 Å². The van der Waals surface area contributed by atoms with E-state index in [2.05, 4.69) is 5.32 Å². The van der Waals surface area contributed by atoms with Crippen LogP contribution in [0.3, 0.4) is 0 Å². The molecule has 0 fully saturated rings. The number of amides is 2. The van der Waals surface area contributed by atoms with E-state index in [4.69, 9.17) is 4.74 Å². The number of nitrogens with one attached hydrogen (secondary N) is 1. The van der Waals surface area contributed by atoms with Gasteiger partial charge in [0.1, 0.15) is 11.9 Å². The van der Waals surface area contributed by atoms with E-state index in [1.807, 2.05) is 37.3 Å². The molecule has 1 atom stereocenters. The molecule has 178 valence electrons. The highest BCUT2D eigenvalue weighted by Crippen LogP contribution is 2.19. The molecule has 0 bridgehead atoms. The van der Waals surface area contributed by atoms with Crippen LogP contribution in [-0.2, 0) is 22.6 Å². The summed E-state index contributed by atoms with van der Waals surface area (Å²) in [5.41, 5.74) is 1.11. The predicted molar refractivity (Wildman–Crippen MR) is 126 cm³/mol. The molecule has 2 amide bonds. The fourth-order valence-corrected chi connectivity index (χ4v) is 3.51. The second-order valence-corrected chi connectivity index (χ2v) is 7.83. The third-order valence-electron chi connectivity index (χ3n) is 5.31. The number of carbonyl (C=O) groups is 2. The van der Waals surface area contributed by atoms with Crippen molar-refractivity contribution < 1.29 is 23.1 Å². The first-order valence-electron chi connectivity index (χ1n) is 11.2. The largest absolute Gasteiger partial charge is 0.481 e. The van der Waals surface area contributed by atoms with Gasteiger partial charge in [0.05, 0.1) is 0 Å². The minimum absolute atomic E-state index is 0.0725. The van der Waals surface area contributed by atoms with Gasteiger partial charge in [-0.3, -0.25) is 9.59 Å². The van der Waals surface area contributed by atoms with Crippen LogP contribution < -0.4 is 10.1 Å². The van der Waals surface area contributed by atoms with E-state index in [1.54, 1.807) is 24.3 Å². The van der Waals surface area contributed by atoms with Crippen molar-refractivity contribution in [3.05, 3.63) is 102 Å². The molecule has 0 aromatic heterocycles. The molecule has 3 aromatic rings. The first-order valence-corrected chi connectivity index (χ1v) is 11.2. The third-order valence-corrected chi connectivity index (χ3v) is 5.31. The van der Waals surface area contributed by atoms with Gasteiger partial charge in [-0.25, -0.2) is 8.78 Å². The average molecular weight is 467 g/mol. The maximum Gasteiger partial charge on any atom is 0.261 e. The molecular weight excluding hydrogens is 438 g/mol. The SMILES string of the molecule is CCCNC(=O)[C@@H](Cc1ccccc1)N(Cc1ccccc1F)C(=O)COc1ccccc1F. The zero-order valence-electron chi connectivity index (χ0n) is 19.0. The number of hydrogen-bond acceptors (Lipinski definition) is 3. The lowest BCUT2D eigenvalue weighted by molar-refractivity contribution is -0.142. The Kier molecular flexibility index (Phi) is 9.14. The van der Waals surface area contributed by atoms with Crippen molar-refractivity contribution in [1.82, 2.24) is 10.2 Å². The van der Waals surface area contributed by atoms with Crippen LogP contribution in [0.1, 0.15) is 24.5 Å². The number of para-hydroxylation sites is 1. The summed E-state index contributed by atoms with van der Waals surface area (Å²) < 4.78 is 33.9. The minimum atomic E-state index is -0.912. The first kappa shape index (κ1) is 24.9. The Hall–Kier alpha value is -3.74. The van der Waals surface area contributed by atoms with E-state index >= 15 is 0 Å². The van der Waals surface area contributed by atoms with Crippen LogP contribution in [0.5, 0.6) is 5.75 Å². The van der Waals surface area contributed by atoms with Gasteiger partial charge in [0, 0.05) is 25.1 Å². The topological polar surface area (TPSA) is 58.6 Å². The number of nitrogens with zero attached hydrogens (tertiary/aromatic N) is 1. The summed E-state index contributed by atoms with van der Waals surface area (Å²) in [6.45, 7) is 1.74. The fourth-order valence-electron chi connectivity index (χ4n) is 3.51. The van der Waals surface area contributed by atoms with E-state index in [0.717, 1.165) is 12.0 Å². The second kappa shape index (κ2) is 12.5. The van der Waals surface area contributed by atoms with E-state index < -0.39 is 30.2 Å². The molecule has 0 unspecified atom stereocenters. The maximum atomic E-state index is 14.5. The Labute approximate surface area is 198 Å². The summed E-state index contributed by atoms with van der Waals surface area (Å²) in [5.74, 6) is -2.06. The van der Waals surface area contributed by atoms with Gasteiger partial charge in [-0.05, 0) is 30.2 Å². The fraction of sp³-hybridized carbons (Fsp3) is 0.259. The molecule has 0 aliphatic carbocycles. The molecule has 0 radical (unpaired) electrons. The molecule has 0 aliphatic heterocycles.